The first-order valence-corrected chi connectivity index (χ1v) is 8.36. The standard InChI is InChI=1S/C19H25N3O/c1-4-17-18-10-7-15(3)21(18)11-12-22(17)19(23)20-13-16-8-5-14(2)6-9-16/h5-10,17H,4,11-13H2,1-3H3,(H,20,23)/t17-/m0/s1. The maximum atomic E-state index is 12.6. The summed E-state index contributed by atoms with van der Waals surface area (Å²) >= 11 is 0. The average Bonchev–Trinajstić information content (AvgIpc) is 2.94. The summed E-state index contributed by atoms with van der Waals surface area (Å²) in [4.78, 5) is 14.6. The zero-order chi connectivity index (χ0) is 16.4. The topological polar surface area (TPSA) is 37.3 Å². The largest absolute Gasteiger partial charge is 0.345 e. The lowest BCUT2D eigenvalue weighted by molar-refractivity contribution is 0.152. The van der Waals surface area contributed by atoms with Gasteiger partial charge in [0.25, 0.3) is 0 Å². The highest BCUT2D eigenvalue weighted by atomic mass is 16.2. The van der Waals surface area contributed by atoms with Crippen LogP contribution in [0.3, 0.4) is 0 Å². The van der Waals surface area contributed by atoms with Crippen molar-refractivity contribution in [2.45, 2.75) is 46.3 Å². The highest BCUT2D eigenvalue weighted by Gasteiger charge is 2.30. The van der Waals surface area contributed by atoms with Crippen molar-refractivity contribution < 1.29 is 4.79 Å². The van der Waals surface area contributed by atoms with Crippen LogP contribution in [-0.2, 0) is 13.1 Å². The molecule has 1 aromatic carbocycles. The molecule has 2 amide bonds. The molecule has 2 aromatic rings. The van der Waals surface area contributed by atoms with Gasteiger partial charge in [0.1, 0.15) is 0 Å². The van der Waals surface area contributed by atoms with Crippen LogP contribution in [0.5, 0.6) is 0 Å². The smallest absolute Gasteiger partial charge is 0.318 e. The van der Waals surface area contributed by atoms with Crippen molar-refractivity contribution in [1.82, 2.24) is 14.8 Å². The van der Waals surface area contributed by atoms with E-state index in [2.05, 4.69) is 67.1 Å². The number of fused-ring (bicyclic) bond motifs is 1. The van der Waals surface area contributed by atoms with E-state index < -0.39 is 0 Å². The van der Waals surface area contributed by atoms with Gasteiger partial charge in [-0.3, -0.25) is 0 Å². The van der Waals surface area contributed by atoms with Crippen molar-refractivity contribution in [3.63, 3.8) is 0 Å². The van der Waals surface area contributed by atoms with E-state index in [9.17, 15) is 4.79 Å². The molecule has 0 aliphatic carbocycles. The number of carbonyl (C=O) groups excluding carboxylic acids is 1. The van der Waals surface area contributed by atoms with Crippen molar-refractivity contribution in [3.8, 4) is 0 Å². The number of aryl methyl sites for hydroxylation is 2. The van der Waals surface area contributed by atoms with E-state index in [1.54, 1.807) is 0 Å². The van der Waals surface area contributed by atoms with Gasteiger partial charge in [-0.1, -0.05) is 36.8 Å². The third-order valence-electron chi connectivity index (χ3n) is 4.73. The van der Waals surface area contributed by atoms with Crippen molar-refractivity contribution in [2.24, 2.45) is 0 Å². The van der Waals surface area contributed by atoms with Crippen molar-refractivity contribution in [2.75, 3.05) is 6.54 Å². The average molecular weight is 311 g/mol. The van der Waals surface area contributed by atoms with Crippen LogP contribution < -0.4 is 5.32 Å². The minimum absolute atomic E-state index is 0.0301. The monoisotopic (exact) mass is 311 g/mol. The predicted molar refractivity (Wildman–Crippen MR) is 92.3 cm³/mol. The Balaban J connectivity index is 1.68. The summed E-state index contributed by atoms with van der Waals surface area (Å²) in [6, 6.07) is 12.8. The predicted octanol–water partition coefficient (Wildman–Crippen LogP) is 3.78. The van der Waals surface area contributed by atoms with Gasteiger partial charge in [0.2, 0.25) is 0 Å². The lowest BCUT2D eigenvalue weighted by Crippen LogP contribution is -2.46. The molecule has 0 radical (unpaired) electrons. The Morgan fingerprint density at radius 3 is 2.57 bits per heavy atom. The summed E-state index contributed by atoms with van der Waals surface area (Å²) in [7, 11) is 0. The fraction of sp³-hybridized carbons (Fsp3) is 0.421. The maximum Gasteiger partial charge on any atom is 0.318 e. The fourth-order valence-electron chi connectivity index (χ4n) is 3.37. The molecule has 1 aromatic heterocycles. The number of carbonyl (C=O) groups is 1. The number of hydrogen-bond donors (Lipinski definition) is 1. The number of benzene rings is 1. The molecule has 0 fully saturated rings. The van der Waals surface area contributed by atoms with E-state index in [1.807, 2.05) is 4.90 Å². The van der Waals surface area contributed by atoms with E-state index in [0.717, 1.165) is 25.1 Å². The molecule has 4 heteroatoms. The molecule has 122 valence electrons. The Bertz CT molecular complexity index is 687. The summed E-state index contributed by atoms with van der Waals surface area (Å²) < 4.78 is 2.33. The Kier molecular flexibility index (Phi) is 4.42. The molecular formula is C19H25N3O. The van der Waals surface area contributed by atoms with Gasteiger partial charge in [-0.15, -0.1) is 0 Å². The van der Waals surface area contributed by atoms with Crippen molar-refractivity contribution in [3.05, 3.63) is 58.9 Å². The van der Waals surface area contributed by atoms with Gasteiger partial charge >= 0.3 is 6.03 Å². The lowest BCUT2D eigenvalue weighted by atomic mass is 10.1. The van der Waals surface area contributed by atoms with Gasteiger partial charge in [-0.25, -0.2) is 4.79 Å². The molecule has 1 N–H and O–H groups in total. The highest BCUT2D eigenvalue weighted by molar-refractivity contribution is 5.75. The molecule has 0 bridgehead atoms. The molecule has 0 saturated heterocycles. The minimum atomic E-state index is 0.0301. The van der Waals surface area contributed by atoms with Gasteiger partial charge < -0.3 is 14.8 Å². The number of nitrogens with one attached hydrogen (secondary N) is 1. The van der Waals surface area contributed by atoms with Crippen LogP contribution in [0.15, 0.2) is 36.4 Å². The molecular weight excluding hydrogens is 286 g/mol. The van der Waals surface area contributed by atoms with Crippen molar-refractivity contribution in [1.29, 1.82) is 0 Å². The molecule has 4 nitrogen and oxygen atoms in total. The molecule has 1 atom stereocenters. The number of aromatic nitrogens is 1. The van der Waals surface area contributed by atoms with Crippen LogP contribution in [0.2, 0.25) is 0 Å². The molecule has 0 saturated carbocycles. The summed E-state index contributed by atoms with van der Waals surface area (Å²) in [5.41, 5.74) is 4.89. The van der Waals surface area contributed by atoms with Crippen LogP contribution in [0.4, 0.5) is 4.79 Å². The van der Waals surface area contributed by atoms with Crippen molar-refractivity contribution >= 4 is 6.03 Å². The summed E-state index contributed by atoms with van der Waals surface area (Å²) in [5.74, 6) is 0. The fourth-order valence-corrected chi connectivity index (χ4v) is 3.37. The van der Waals surface area contributed by atoms with Crippen LogP contribution in [0.25, 0.3) is 0 Å². The lowest BCUT2D eigenvalue weighted by Gasteiger charge is -2.37. The summed E-state index contributed by atoms with van der Waals surface area (Å²) in [5, 5.41) is 3.07. The molecule has 2 heterocycles. The van der Waals surface area contributed by atoms with Crippen LogP contribution in [0, 0.1) is 13.8 Å². The molecule has 23 heavy (non-hydrogen) atoms. The third-order valence-corrected chi connectivity index (χ3v) is 4.73. The van der Waals surface area contributed by atoms with Gasteiger partial charge in [-0.05, 0) is 38.0 Å². The van der Waals surface area contributed by atoms with Gasteiger partial charge in [0.15, 0.2) is 0 Å². The Morgan fingerprint density at radius 2 is 1.87 bits per heavy atom. The Morgan fingerprint density at radius 1 is 1.13 bits per heavy atom. The number of urea groups is 1. The molecule has 0 spiro atoms. The van der Waals surface area contributed by atoms with E-state index >= 15 is 0 Å². The minimum Gasteiger partial charge on any atom is -0.345 e. The summed E-state index contributed by atoms with van der Waals surface area (Å²) in [6.45, 7) is 8.56. The summed E-state index contributed by atoms with van der Waals surface area (Å²) in [6.07, 6.45) is 0.932. The van der Waals surface area contributed by atoms with Gasteiger partial charge in [0, 0.05) is 31.0 Å². The van der Waals surface area contributed by atoms with Gasteiger partial charge in [-0.2, -0.15) is 0 Å². The zero-order valence-electron chi connectivity index (χ0n) is 14.2. The highest BCUT2D eigenvalue weighted by Crippen LogP contribution is 2.30. The first-order chi connectivity index (χ1) is 11.1. The maximum absolute atomic E-state index is 12.6. The number of hydrogen-bond acceptors (Lipinski definition) is 1. The van der Waals surface area contributed by atoms with E-state index in [4.69, 9.17) is 0 Å². The molecule has 3 rings (SSSR count). The number of nitrogens with zero attached hydrogens (tertiary/aromatic N) is 2. The second kappa shape index (κ2) is 6.49. The normalized spacial score (nSPS) is 17.0. The SMILES string of the molecule is CC[C@H]1c2ccc(C)n2CCN1C(=O)NCc1ccc(C)cc1. The second-order valence-electron chi connectivity index (χ2n) is 6.31. The molecule has 0 unspecified atom stereocenters. The first kappa shape index (κ1) is 15.7. The van der Waals surface area contributed by atoms with Crippen LogP contribution >= 0.6 is 0 Å². The Hall–Kier alpha value is -2.23. The van der Waals surface area contributed by atoms with E-state index in [0.29, 0.717) is 6.54 Å². The van der Waals surface area contributed by atoms with E-state index in [1.165, 1.54) is 17.0 Å². The number of rotatable bonds is 3. The first-order valence-electron chi connectivity index (χ1n) is 8.36. The third kappa shape index (κ3) is 3.11. The van der Waals surface area contributed by atoms with Crippen LogP contribution in [0.1, 0.15) is 41.9 Å². The second-order valence-corrected chi connectivity index (χ2v) is 6.31. The number of amides is 2. The molecule has 1 aliphatic heterocycles. The quantitative estimate of drug-likeness (QED) is 0.920. The van der Waals surface area contributed by atoms with Crippen LogP contribution in [-0.4, -0.2) is 22.0 Å². The zero-order valence-corrected chi connectivity index (χ0v) is 14.2. The van der Waals surface area contributed by atoms with Gasteiger partial charge in [0.05, 0.1) is 6.04 Å². The molecule has 1 aliphatic rings. The Labute approximate surface area is 138 Å². The van der Waals surface area contributed by atoms with E-state index in [-0.39, 0.29) is 12.1 Å².